The Morgan fingerprint density at radius 2 is 1.92 bits per heavy atom. The zero-order valence-corrected chi connectivity index (χ0v) is 16.0. The van der Waals surface area contributed by atoms with Gasteiger partial charge in [-0.25, -0.2) is 14.4 Å². The van der Waals surface area contributed by atoms with Crippen LogP contribution in [0.1, 0.15) is 32.1 Å². The molecule has 134 valence electrons. The molecule has 0 spiro atoms. The molecule has 0 fully saturated rings. The topological polar surface area (TPSA) is 69.2 Å². The van der Waals surface area contributed by atoms with Gasteiger partial charge in [0.25, 0.3) is 0 Å². The average molecular weight is 390 g/mol. The number of aromatic nitrogens is 2. The number of rotatable bonds is 6. The van der Waals surface area contributed by atoms with E-state index in [1.54, 1.807) is 25.1 Å². The Kier molecular flexibility index (Phi) is 5.33. The molecule has 0 radical (unpaired) electrons. The van der Waals surface area contributed by atoms with E-state index in [1.807, 2.05) is 0 Å². The predicted molar refractivity (Wildman–Crippen MR) is 100 cm³/mol. The summed E-state index contributed by atoms with van der Waals surface area (Å²) in [6.07, 6.45) is 0. The van der Waals surface area contributed by atoms with Gasteiger partial charge in [-0.3, -0.25) is 9.59 Å². The molecule has 2 aromatic heterocycles. The van der Waals surface area contributed by atoms with E-state index in [2.05, 4.69) is 9.97 Å². The monoisotopic (exact) mass is 390 g/mol. The van der Waals surface area contributed by atoms with Crippen LogP contribution >= 0.6 is 23.1 Å². The molecule has 26 heavy (non-hydrogen) atoms. The van der Waals surface area contributed by atoms with Crippen molar-refractivity contribution in [1.29, 1.82) is 0 Å². The Balaban J connectivity index is 1.90. The van der Waals surface area contributed by atoms with Crippen molar-refractivity contribution < 1.29 is 18.7 Å². The number of ether oxygens (including phenoxy) is 1. The predicted octanol–water partition coefficient (Wildman–Crippen LogP) is 4.33. The van der Waals surface area contributed by atoms with Crippen LogP contribution in [-0.4, -0.2) is 34.4 Å². The number of hydrogen-bond donors (Lipinski definition) is 0. The van der Waals surface area contributed by atoms with E-state index in [4.69, 9.17) is 4.74 Å². The molecule has 0 bridgehead atoms. The molecule has 3 aromatic rings. The van der Waals surface area contributed by atoms with Crippen LogP contribution in [0.3, 0.4) is 0 Å². The van der Waals surface area contributed by atoms with Crippen LogP contribution in [0.25, 0.3) is 10.9 Å². The van der Waals surface area contributed by atoms with Crippen LogP contribution in [-0.2, 0) is 0 Å². The van der Waals surface area contributed by atoms with Crippen molar-refractivity contribution >= 4 is 45.6 Å². The molecule has 0 aliphatic heterocycles. The molecule has 0 saturated carbocycles. The minimum Gasteiger partial charge on any atom is -0.494 e. The van der Waals surface area contributed by atoms with Crippen molar-refractivity contribution in [2.45, 2.75) is 18.9 Å². The van der Waals surface area contributed by atoms with Gasteiger partial charge >= 0.3 is 0 Å². The van der Waals surface area contributed by atoms with Gasteiger partial charge in [-0.2, -0.15) is 0 Å². The Labute approximate surface area is 157 Å². The van der Waals surface area contributed by atoms with E-state index in [1.165, 1.54) is 20.1 Å². The fourth-order valence-corrected chi connectivity index (χ4v) is 4.28. The highest BCUT2D eigenvalue weighted by molar-refractivity contribution is 8.00. The first-order chi connectivity index (χ1) is 12.4. The summed E-state index contributed by atoms with van der Waals surface area (Å²) in [5, 5.41) is 0.629. The zero-order valence-electron chi connectivity index (χ0n) is 14.3. The number of Topliss-reactive ketones (excluding diaryl/α,β-unsaturated/α-hetero) is 2. The highest BCUT2D eigenvalue weighted by Crippen LogP contribution is 2.33. The molecule has 0 unspecified atom stereocenters. The normalized spacial score (nSPS) is 10.9. The smallest absolute Gasteiger partial charge is 0.183 e. The Hall–Kier alpha value is -2.32. The fourth-order valence-electron chi connectivity index (χ4n) is 2.39. The number of fused-ring (bicyclic) bond motifs is 1. The van der Waals surface area contributed by atoms with Crippen molar-refractivity contribution in [2.24, 2.45) is 0 Å². The lowest BCUT2D eigenvalue weighted by Crippen LogP contribution is -2.02. The molecule has 5 nitrogen and oxygen atoms in total. The van der Waals surface area contributed by atoms with Crippen LogP contribution in [0.5, 0.6) is 5.75 Å². The summed E-state index contributed by atoms with van der Waals surface area (Å²) in [6, 6.07) is 6.45. The van der Waals surface area contributed by atoms with Crippen molar-refractivity contribution in [3.8, 4) is 5.75 Å². The van der Waals surface area contributed by atoms with Crippen LogP contribution in [0.15, 0.2) is 29.3 Å². The van der Waals surface area contributed by atoms with Gasteiger partial charge in [0.2, 0.25) is 0 Å². The Morgan fingerprint density at radius 1 is 1.19 bits per heavy atom. The van der Waals surface area contributed by atoms with E-state index in [0.717, 1.165) is 23.1 Å². The maximum absolute atomic E-state index is 14.7. The lowest BCUT2D eigenvalue weighted by Gasteiger charge is -2.09. The van der Waals surface area contributed by atoms with E-state index < -0.39 is 5.82 Å². The maximum atomic E-state index is 14.7. The largest absolute Gasteiger partial charge is 0.494 e. The standard InChI is InChI=1S/C18H15FN2O3S2/c1-9(22)14-6-7-15(26-14)12(23)8-25-18-16-11(20-10(2)21-18)4-5-13(24-3)17(16)19/h4-7H,8H2,1-3H3. The molecule has 8 heteroatoms. The third-order valence-corrected chi connectivity index (χ3v) is 5.83. The van der Waals surface area contributed by atoms with E-state index >= 15 is 0 Å². The summed E-state index contributed by atoms with van der Waals surface area (Å²) in [5.41, 5.74) is 0.459. The zero-order chi connectivity index (χ0) is 18.8. The number of methoxy groups -OCH3 is 1. The number of hydrogen-bond acceptors (Lipinski definition) is 7. The first kappa shape index (κ1) is 18.5. The summed E-state index contributed by atoms with van der Waals surface area (Å²) in [7, 11) is 1.39. The Bertz CT molecular complexity index is 1020. The Morgan fingerprint density at radius 3 is 2.58 bits per heavy atom. The quantitative estimate of drug-likeness (QED) is 0.355. The van der Waals surface area contributed by atoms with Crippen molar-refractivity contribution in [2.75, 3.05) is 12.9 Å². The maximum Gasteiger partial charge on any atom is 0.183 e. The van der Waals surface area contributed by atoms with Crippen LogP contribution in [0.4, 0.5) is 4.39 Å². The number of benzene rings is 1. The molecular formula is C18H15FN2O3S2. The molecule has 0 amide bonds. The summed E-state index contributed by atoms with van der Waals surface area (Å²) in [6.45, 7) is 3.17. The number of thioether (sulfide) groups is 1. The van der Waals surface area contributed by atoms with Crippen LogP contribution < -0.4 is 4.74 Å². The second kappa shape index (κ2) is 7.51. The first-order valence-electron chi connectivity index (χ1n) is 7.68. The summed E-state index contributed by atoms with van der Waals surface area (Å²) < 4.78 is 19.7. The van der Waals surface area contributed by atoms with Gasteiger partial charge in [-0.1, -0.05) is 11.8 Å². The second-order valence-corrected chi connectivity index (χ2v) is 7.53. The minimum atomic E-state index is -0.546. The van der Waals surface area contributed by atoms with Gasteiger partial charge in [-0.05, 0) is 38.1 Å². The molecule has 0 aliphatic rings. The summed E-state index contributed by atoms with van der Waals surface area (Å²) in [4.78, 5) is 33.3. The number of carbonyl (C=O) groups excluding carboxylic acids is 2. The molecule has 0 saturated heterocycles. The molecule has 2 heterocycles. The van der Waals surface area contributed by atoms with Gasteiger partial charge in [0.15, 0.2) is 23.1 Å². The summed E-state index contributed by atoms with van der Waals surface area (Å²) in [5.74, 6) is -0.0852. The molecule has 1 aromatic carbocycles. The average Bonchev–Trinajstić information content (AvgIpc) is 3.10. The fraction of sp³-hybridized carbons (Fsp3) is 0.222. The van der Waals surface area contributed by atoms with E-state index in [-0.39, 0.29) is 28.5 Å². The number of nitrogens with zero attached hydrogens (tertiary/aromatic N) is 2. The van der Waals surface area contributed by atoms with Gasteiger partial charge < -0.3 is 4.74 Å². The SMILES string of the molecule is COc1ccc2nc(C)nc(SCC(=O)c3ccc(C(C)=O)s3)c2c1F. The third-order valence-electron chi connectivity index (χ3n) is 3.63. The van der Waals surface area contributed by atoms with Gasteiger partial charge in [0.1, 0.15) is 10.9 Å². The second-order valence-electron chi connectivity index (χ2n) is 5.48. The van der Waals surface area contributed by atoms with Crippen molar-refractivity contribution in [3.63, 3.8) is 0 Å². The number of carbonyl (C=O) groups is 2. The number of aryl methyl sites for hydroxylation is 1. The van der Waals surface area contributed by atoms with Crippen LogP contribution in [0, 0.1) is 12.7 Å². The van der Waals surface area contributed by atoms with E-state index in [0.29, 0.717) is 26.1 Å². The third kappa shape index (κ3) is 3.61. The van der Waals surface area contributed by atoms with Crippen LogP contribution in [0.2, 0.25) is 0 Å². The highest BCUT2D eigenvalue weighted by Gasteiger charge is 2.18. The molecule has 0 N–H and O–H groups in total. The molecule has 0 aliphatic carbocycles. The van der Waals surface area contributed by atoms with Crippen molar-refractivity contribution in [1.82, 2.24) is 9.97 Å². The van der Waals surface area contributed by atoms with Gasteiger partial charge in [-0.15, -0.1) is 11.3 Å². The molecular weight excluding hydrogens is 375 g/mol. The number of thiophene rings is 1. The molecule has 0 atom stereocenters. The first-order valence-corrected chi connectivity index (χ1v) is 9.48. The van der Waals surface area contributed by atoms with Crippen molar-refractivity contribution in [3.05, 3.63) is 45.7 Å². The highest BCUT2D eigenvalue weighted by atomic mass is 32.2. The van der Waals surface area contributed by atoms with Gasteiger partial charge in [0.05, 0.1) is 33.5 Å². The minimum absolute atomic E-state index is 0.0757. The molecule has 3 rings (SSSR count). The number of ketones is 2. The summed E-state index contributed by atoms with van der Waals surface area (Å²) >= 11 is 2.30. The number of halogens is 1. The lowest BCUT2D eigenvalue weighted by molar-refractivity contribution is 0.101. The van der Waals surface area contributed by atoms with E-state index in [9.17, 15) is 14.0 Å². The lowest BCUT2D eigenvalue weighted by atomic mass is 10.2. The van der Waals surface area contributed by atoms with Gasteiger partial charge in [0, 0.05) is 0 Å².